The van der Waals surface area contributed by atoms with Gasteiger partial charge >= 0.3 is 0 Å². The highest BCUT2D eigenvalue weighted by molar-refractivity contribution is 9.10. The highest BCUT2D eigenvalue weighted by Gasteiger charge is 2.10. The summed E-state index contributed by atoms with van der Waals surface area (Å²) in [5, 5.41) is 0. The lowest BCUT2D eigenvalue weighted by molar-refractivity contribution is 0.103. The normalized spacial score (nSPS) is 10.1. The molecule has 92 valence electrons. The van der Waals surface area contributed by atoms with Crippen LogP contribution in [0, 0.1) is 0 Å². The van der Waals surface area contributed by atoms with Gasteiger partial charge in [0.2, 0.25) is 0 Å². The number of carbonyl (C=O) groups is 1. The summed E-state index contributed by atoms with van der Waals surface area (Å²) in [6.45, 7) is 0. The van der Waals surface area contributed by atoms with E-state index >= 15 is 0 Å². The molecule has 4 heteroatoms. The number of halogens is 1. The minimum atomic E-state index is -0.0585. The summed E-state index contributed by atoms with van der Waals surface area (Å²) < 4.78 is 5.84. The maximum absolute atomic E-state index is 12.2. The molecular formula is C14H12BrNO2. The number of hydrogen-bond acceptors (Lipinski definition) is 3. The van der Waals surface area contributed by atoms with Crippen LogP contribution in [0.4, 0.5) is 5.69 Å². The maximum atomic E-state index is 12.2. The predicted molar refractivity (Wildman–Crippen MR) is 75.0 cm³/mol. The van der Waals surface area contributed by atoms with Crippen LogP contribution in [0.1, 0.15) is 15.9 Å². The molecule has 0 heterocycles. The molecule has 18 heavy (non-hydrogen) atoms. The van der Waals surface area contributed by atoms with Gasteiger partial charge in [-0.3, -0.25) is 4.79 Å². The molecule has 0 saturated carbocycles. The SMILES string of the molecule is COc1ccc(C(=O)c2ccc(Br)c(N)c2)cc1. The summed E-state index contributed by atoms with van der Waals surface area (Å²) in [6.07, 6.45) is 0. The topological polar surface area (TPSA) is 52.3 Å². The van der Waals surface area contributed by atoms with Crippen LogP contribution in [0.25, 0.3) is 0 Å². The molecule has 0 fully saturated rings. The molecule has 2 rings (SSSR count). The molecule has 0 atom stereocenters. The Morgan fingerprint density at radius 2 is 1.72 bits per heavy atom. The van der Waals surface area contributed by atoms with Crippen molar-refractivity contribution >= 4 is 27.4 Å². The van der Waals surface area contributed by atoms with Crippen molar-refractivity contribution in [2.75, 3.05) is 12.8 Å². The van der Waals surface area contributed by atoms with Crippen LogP contribution in [0.15, 0.2) is 46.9 Å². The van der Waals surface area contributed by atoms with E-state index in [1.165, 1.54) is 0 Å². The van der Waals surface area contributed by atoms with Gasteiger partial charge in [0.05, 0.1) is 7.11 Å². The molecule has 0 unspecified atom stereocenters. The smallest absolute Gasteiger partial charge is 0.193 e. The Kier molecular flexibility index (Phi) is 3.67. The highest BCUT2D eigenvalue weighted by atomic mass is 79.9. The number of nitrogen functional groups attached to an aromatic ring is 1. The molecule has 2 aromatic carbocycles. The number of benzene rings is 2. The quantitative estimate of drug-likeness (QED) is 0.699. The Morgan fingerprint density at radius 1 is 1.11 bits per heavy atom. The van der Waals surface area contributed by atoms with Crippen molar-refractivity contribution in [3.05, 3.63) is 58.1 Å². The average molecular weight is 306 g/mol. The molecule has 0 aromatic heterocycles. The zero-order valence-corrected chi connectivity index (χ0v) is 11.4. The number of anilines is 1. The summed E-state index contributed by atoms with van der Waals surface area (Å²) in [5.41, 5.74) is 7.49. The van der Waals surface area contributed by atoms with Crippen LogP contribution >= 0.6 is 15.9 Å². The monoisotopic (exact) mass is 305 g/mol. The molecular weight excluding hydrogens is 294 g/mol. The van der Waals surface area contributed by atoms with E-state index in [0.29, 0.717) is 16.8 Å². The van der Waals surface area contributed by atoms with Crippen molar-refractivity contribution < 1.29 is 9.53 Å². The third-order valence-electron chi connectivity index (χ3n) is 2.61. The fourth-order valence-corrected chi connectivity index (χ4v) is 1.84. The first kappa shape index (κ1) is 12.6. The molecule has 0 radical (unpaired) electrons. The first-order valence-electron chi connectivity index (χ1n) is 5.35. The average Bonchev–Trinajstić information content (AvgIpc) is 2.41. The number of nitrogens with two attached hydrogens (primary N) is 1. The third-order valence-corrected chi connectivity index (χ3v) is 3.33. The predicted octanol–water partition coefficient (Wildman–Crippen LogP) is 3.27. The van der Waals surface area contributed by atoms with Gasteiger partial charge in [0, 0.05) is 21.3 Å². The molecule has 2 N–H and O–H groups in total. The van der Waals surface area contributed by atoms with E-state index in [4.69, 9.17) is 10.5 Å². The van der Waals surface area contributed by atoms with E-state index in [2.05, 4.69) is 15.9 Å². The molecule has 0 saturated heterocycles. The Bertz CT molecular complexity index is 579. The summed E-state index contributed by atoms with van der Waals surface area (Å²) in [6, 6.07) is 12.2. The van der Waals surface area contributed by atoms with Gasteiger partial charge in [0.15, 0.2) is 5.78 Å². The second kappa shape index (κ2) is 5.23. The van der Waals surface area contributed by atoms with Crippen LogP contribution in [-0.2, 0) is 0 Å². The van der Waals surface area contributed by atoms with Crippen LogP contribution in [0.5, 0.6) is 5.75 Å². The Hall–Kier alpha value is -1.81. The van der Waals surface area contributed by atoms with E-state index in [0.717, 1.165) is 10.2 Å². The van der Waals surface area contributed by atoms with Crippen LogP contribution in [-0.4, -0.2) is 12.9 Å². The molecule has 0 aliphatic rings. The number of ether oxygens (including phenoxy) is 1. The van der Waals surface area contributed by atoms with E-state index in [-0.39, 0.29) is 5.78 Å². The van der Waals surface area contributed by atoms with Gasteiger partial charge in [-0.25, -0.2) is 0 Å². The van der Waals surface area contributed by atoms with Gasteiger partial charge in [0.25, 0.3) is 0 Å². The minimum Gasteiger partial charge on any atom is -0.497 e. The van der Waals surface area contributed by atoms with Crippen molar-refractivity contribution in [3.63, 3.8) is 0 Å². The lowest BCUT2D eigenvalue weighted by atomic mass is 10.0. The standard InChI is InChI=1S/C14H12BrNO2/c1-18-11-5-2-9(3-6-11)14(17)10-4-7-12(15)13(16)8-10/h2-8H,16H2,1H3. The molecule has 2 aromatic rings. The van der Waals surface area contributed by atoms with E-state index in [9.17, 15) is 4.79 Å². The summed E-state index contributed by atoms with van der Waals surface area (Å²) in [4.78, 5) is 12.2. The zero-order valence-electron chi connectivity index (χ0n) is 9.81. The van der Waals surface area contributed by atoms with Gasteiger partial charge in [-0.1, -0.05) is 0 Å². The largest absolute Gasteiger partial charge is 0.497 e. The highest BCUT2D eigenvalue weighted by Crippen LogP contribution is 2.22. The Morgan fingerprint density at radius 3 is 2.28 bits per heavy atom. The molecule has 0 aliphatic carbocycles. The number of hydrogen-bond donors (Lipinski definition) is 1. The summed E-state index contributed by atoms with van der Waals surface area (Å²) in [5.74, 6) is 0.665. The van der Waals surface area contributed by atoms with Crippen LogP contribution in [0.2, 0.25) is 0 Å². The van der Waals surface area contributed by atoms with Gasteiger partial charge in [0.1, 0.15) is 5.75 Å². The van der Waals surface area contributed by atoms with Crippen molar-refractivity contribution in [2.45, 2.75) is 0 Å². The van der Waals surface area contributed by atoms with Crippen LogP contribution < -0.4 is 10.5 Å². The molecule has 0 amide bonds. The second-order valence-electron chi connectivity index (χ2n) is 3.79. The summed E-state index contributed by atoms with van der Waals surface area (Å²) in [7, 11) is 1.59. The van der Waals surface area contributed by atoms with Gasteiger partial charge in [-0.15, -0.1) is 0 Å². The van der Waals surface area contributed by atoms with Crippen LogP contribution in [0.3, 0.4) is 0 Å². The van der Waals surface area contributed by atoms with E-state index in [1.807, 2.05) is 0 Å². The van der Waals surface area contributed by atoms with E-state index in [1.54, 1.807) is 49.6 Å². The van der Waals surface area contributed by atoms with Gasteiger partial charge in [-0.2, -0.15) is 0 Å². The minimum absolute atomic E-state index is 0.0585. The number of methoxy groups -OCH3 is 1. The lowest BCUT2D eigenvalue weighted by Crippen LogP contribution is -2.02. The molecule has 0 aliphatic heterocycles. The van der Waals surface area contributed by atoms with E-state index < -0.39 is 0 Å². The van der Waals surface area contributed by atoms with Crippen molar-refractivity contribution in [3.8, 4) is 5.75 Å². The number of rotatable bonds is 3. The fourth-order valence-electron chi connectivity index (χ4n) is 1.59. The van der Waals surface area contributed by atoms with Crippen molar-refractivity contribution in [1.29, 1.82) is 0 Å². The fraction of sp³-hybridized carbons (Fsp3) is 0.0714. The Balaban J connectivity index is 2.32. The first-order chi connectivity index (χ1) is 8.61. The molecule has 0 bridgehead atoms. The third kappa shape index (κ3) is 2.54. The van der Waals surface area contributed by atoms with Crippen molar-refractivity contribution in [2.24, 2.45) is 0 Å². The number of ketones is 1. The Labute approximate surface area is 114 Å². The lowest BCUT2D eigenvalue weighted by Gasteiger charge is -2.05. The summed E-state index contributed by atoms with van der Waals surface area (Å²) >= 11 is 3.30. The first-order valence-corrected chi connectivity index (χ1v) is 6.15. The second-order valence-corrected chi connectivity index (χ2v) is 4.65. The van der Waals surface area contributed by atoms with Crippen molar-refractivity contribution in [1.82, 2.24) is 0 Å². The van der Waals surface area contributed by atoms with Gasteiger partial charge < -0.3 is 10.5 Å². The maximum Gasteiger partial charge on any atom is 0.193 e. The zero-order chi connectivity index (χ0) is 13.1. The van der Waals surface area contributed by atoms with Gasteiger partial charge in [-0.05, 0) is 58.4 Å². The molecule has 0 spiro atoms. The molecule has 3 nitrogen and oxygen atoms in total. The number of carbonyl (C=O) groups excluding carboxylic acids is 1.